The van der Waals surface area contributed by atoms with Gasteiger partial charge in [-0.2, -0.15) is 0 Å². The van der Waals surface area contributed by atoms with Crippen LogP contribution in [-0.4, -0.2) is 62.8 Å². The number of halogens is 2. The maximum atomic E-state index is 13.0. The zero-order valence-corrected chi connectivity index (χ0v) is 17.2. The molecule has 1 aliphatic heterocycles. The summed E-state index contributed by atoms with van der Waals surface area (Å²) < 4.78 is 26.0. The molecule has 0 bridgehead atoms. The fourth-order valence-corrected chi connectivity index (χ4v) is 3.80. The number of primary amides is 1. The molecule has 4 rings (SSSR count). The molecular formula is C20H24F2N8O2. The van der Waals surface area contributed by atoms with Crippen molar-refractivity contribution in [2.45, 2.75) is 43.7 Å². The van der Waals surface area contributed by atoms with Gasteiger partial charge in [-0.05, 0) is 25.0 Å². The Hall–Kier alpha value is -3.41. The lowest BCUT2D eigenvalue weighted by Crippen LogP contribution is -2.58. The van der Waals surface area contributed by atoms with Gasteiger partial charge in [-0.25, -0.2) is 23.7 Å². The lowest BCUT2D eigenvalue weighted by atomic mass is 9.91. The molecule has 3 heterocycles. The normalized spacial score (nSPS) is 22.0. The van der Waals surface area contributed by atoms with Gasteiger partial charge in [-0.3, -0.25) is 9.59 Å². The highest BCUT2D eigenvalue weighted by Crippen LogP contribution is 2.28. The number of likely N-dealkylation sites (tertiary alicyclic amines) is 1. The number of alkyl halides is 2. The second kappa shape index (κ2) is 8.61. The fraction of sp³-hybridized carbons (Fsp3) is 0.450. The van der Waals surface area contributed by atoms with Crippen molar-refractivity contribution in [2.24, 2.45) is 11.5 Å². The Kier molecular flexibility index (Phi) is 5.87. The van der Waals surface area contributed by atoms with Crippen LogP contribution in [0.5, 0.6) is 0 Å². The summed E-state index contributed by atoms with van der Waals surface area (Å²) in [4.78, 5) is 37.6. The Balaban J connectivity index is 1.48. The Morgan fingerprint density at radius 1 is 1.12 bits per heavy atom. The monoisotopic (exact) mass is 446 g/mol. The van der Waals surface area contributed by atoms with Gasteiger partial charge in [-0.1, -0.05) is 12.8 Å². The molecule has 10 nitrogen and oxygen atoms in total. The molecule has 32 heavy (non-hydrogen) atoms. The van der Waals surface area contributed by atoms with E-state index in [9.17, 15) is 18.4 Å². The van der Waals surface area contributed by atoms with Crippen LogP contribution < -0.4 is 22.1 Å². The fourth-order valence-electron chi connectivity index (χ4n) is 3.80. The highest BCUT2D eigenvalue weighted by atomic mass is 19.3. The maximum Gasteiger partial charge on any atom is 0.282 e. The number of carbonyl (C=O) groups is 2. The number of carbonyl (C=O) groups excluding carboxylic acids is 2. The molecule has 2 fully saturated rings. The van der Waals surface area contributed by atoms with E-state index in [-0.39, 0.29) is 29.3 Å². The SMILES string of the molecule is NC(=O)c1ncc(N[C@@H]2CCCC[C@@H]2N)nc1Nc1ccc(C(=O)N2CC(F)(F)C2)nc1. The topological polar surface area (TPSA) is 152 Å². The molecule has 2 amide bonds. The minimum absolute atomic E-state index is 0.00147. The number of nitrogens with zero attached hydrogens (tertiary/aromatic N) is 4. The van der Waals surface area contributed by atoms with E-state index in [0.717, 1.165) is 30.6 Å². The third-order valence-electron chi connectivity index (χ3n) is 5.54. The average molecular weight is 446 g/mol. The van der Waals surface area contributed by atoms with Gasteiger partial charge in [0.15, 0.2) is 11.5 Å². The van der Waals surface area contributed by atoms with E-state index in [1.54, 1.807) is 0 Å². The first-order chi connectivity index (χ1) is 15.2. The number of pyridine rings is 1. The lowest BCUT2D eigenvalue weighted by molar-refractivity contribution is -0.113. The van der Waals surface area contributed by atoms with Crippen molar-refractivity contribution < 1.29 is 18.4 Å². The summed E-state index contributed by atoms with van der Waals surface area (Å²) in [5.41, 5.74) is 12.0. The predicted octanol–water partition coefficient (Wildman–Crippen LogP) is 1.49. The highest BCUT2D eigenvalue weighted by Gasteiger charge is 2.46. The maximum absolute atomic E-state index is 13.0. The Bertz CT molecular complexity index is 1010. The number of rotatable bonds is 6. The van der Waals surface area contributed by atoms with E-state index < -0.39 is 30.8 Å². The van der Waals surface area contributed by atoms with Gasteiger partial charge in [0.2, 0.25) is 0 Å². The minimum atomic E-state index is -2.85. The number of aromatic nitrogens is 3. The minimum Gasteiger partial charge on any atom is -0.364 e. The first-order valence-corrected chi connectivity index (χ1v) is 10.3. The van der Waals surface area contributed by atoms with Crippen molar-refractivity contribution in [2.75, 3.05) is 23.7 Å². The second-order valence-electron chi connectivity index (χ2n) is 8.09. The molecule has 170 valence electrons. The molecule has 12 heteroatoms. The van der Waals surface area contributed by atoms with Crippen molar-refractivity contribution in [3.05, 3.63) is 35.9 Å². The molecule has 0 aromatic carbocycles. The Morgan fingerprint density at radius 3 is 2.50 bits per heavy atom. The standard InChI is InChI=1S/C20H24F2N8O2/c21-20(22)9-30(10-20)19(32)14-6-5-11(7-25-14)27-18-16(17(24)31)26-8-15(29-18)28-13-4-2-1-3-12(13)23/h5-8,12-13H,1-4,9-10,23H2,(H2,24,31)(H2,27,28,29)/t12-,13+/m0/s1. The van der Waals surface area contributed by atoms with Crippen LogP contribution in [0.4, 0.5) is 26.1 Å². The molecule has 2 aromatic rings. The largest absolute Gasteiger partial charge is 0.364 e. The third kappa shape index (κ3) is 4.74. The summed E-state index contributed by atoms with van der Waals surface area (Å²) in [5.74, 6) is -3.62. The first-order valence-electron chi connectivity index (χ1n) is 10.3. The van der Waals surface area contributed by atoms with Crippen LogP contribution in [0.15, 0.2) is 24.5 Å². The van der Waals surface area contributed by atoms with Crippen molar-refractivity contribution in [1.29, 1.82) is 0 Å². The molecule has 2 aromatic heterocycles. The predicted molar refractivity (Wildman–Crippen MR) is 113 cm³/mol. The molecule has 0 spiro atoms. The smallest absolute Gasteiger partial charge is 0.282 e. The van der Waals surface area contributed by atoms with Gasteiger partial charge in [0.05, 0.1) is 31.2 Å². The average Bonchev–Trinajstić information content (AvgIpc) is 2.73. The molecule has 0 radical (unpaired) electrons. The number of hydrogen-bond donors (Lipinski definition) is 4. The highest BCUT2D eigenvalue weighted by molar-refractivity contribution is 5.96. The van der Waals surface area contributed by atoms with E-state index in [0.29, 0.717) is 11.5 Å². The van der Waals surface area contributed by atoms with E-state index in [2.05, 4.69) is 25.6 Å². The molecule has 6 N–H and O–H groups in total. The summed E-state index contributed by atoms with van der Waals surface area (Å²) in [6.45, 7) is -1.23. The van der Waals surface area contributed by atoms with Crippen LogP contribution in [0, 0.1) is 0 Å². The van der Waals surface area contributed by atoms with Crippen LogP contribution in [0.25, 0.3) is 0 Å². The van der Waals surface area contributed by atoms with Crippen LogP contribution in [-0.2, 0) is 0 Å². The second-order valence-corrected chi connectivity index (χ2v) is 8.09. The summed E-state index contributed by atoms with van der Waals surface area (Å²) in [5, 5.41) is 6.19. The van der Waals surface area contributed by atoms with Crippen molar-refractivity contribution in [3.63, 3.8) is 0 Å². The third-order valence-corrected chi connectivity index (χ3v) is 5.54. The van der Waals surface area contributed by atoms with Gasteiger partial charge in [-0.15, -0.1) is 0 Å². The van der Waals surface area contributed by atoms with E-state index >= 15 is 0 Å². The number of hydrogen-bond acceptors (Lipinski definition) is 8. The molecule has 1 saturated carbocycles. The molecular weight excluding hydrogens is 422 g/mol. The number of nitrogens with two attached hydrogens (primary N) is 2. The van der Waals surface area contributed by atoms with Gasteiger partial charge in [0.25, 0.3) is 17.7 Å². The summed E-state index contributed by atoms with van der Waals surface area (Å²) in [6, 6.07) is 2.98. The van der Waals surface area contributed by atoms with E-state index in [4.69, 9.17) is 11.5 Å². The van der Waals surface area contributed by atoms with E-state index in [1.165, 1.54) is 24.5 Å². The van der Waals surface area contributed by atoms with Crippen molar-refractivity contribution in [3.8, 4) is 0 Å². The number of amides is 2. The summed E-state index contributed by atoms with van der Waals surface area (Å²) in [7, 11) is 0. The van der Waals surface area contributed by atoms with Crippen LogP contribution in [0.3, 0.4) is 0 Å². The zero-order chi connectivity index (χ0) is 22.9. The number of nitrogens with one attached hydrogen (secondary N) is 2. The molecule has 0 unspecified atom stereocenters. The molecule has 2 aliphatic rings. The quantitative estimate of drug-likeness (QED) is 0.521. The molecule has 1 aliphatic carbocycles. The van der Waals surface area contributed by atoms with Crippen LogP contribution in [0.1, 0.15) is 46.7 Å². The van der Waals surface area contributed by atoms with Gasteiger partial charge < -0.3 is 27.0 Å². The summed E-state index contributed by atoms with van der Waals surface area (Å²) >= 11 is 0. The van der Waals surface area contributed by atoms with Gasteiger partial charge in [0, 0.05) is 12.1 Å². The zero-order valence-electron chi connectivity index (χ0n) is 17.2. The Labute approximate surface area is 182 Å². The van der Waals surface area contributed by atoms with Crippen molar-refractivity contribution >= 4 is 29.1 Å². The molecule has 2 atom stereocenters. The molecule has 1 saturated heterocycles. The van der Waals surface area contributed by atoms with Gasteiger partial charge in [0.1, 0.15) is 11.5 Å². The summed E-state index contributed by atoms with van der Waals surface area (Å²) in [6.07, 6.45) is 6.75. The lowest BCUT2D eigenvalue weighted by Gasteiger charge is -2.38. The first kappa shape index (κ1) is 21.8. The van der Waals surface area contributed by atoms with Crippen molar-refractivity contribution in [1.82, 2.24) is 19.9 Å². The Morgan fingerprint density at radius 2 is 1.88 bits per heavy atom. The number of anilines is 3. The van der Waals surface area contributed by atoms with E-state index in [1.807, 2.05) is 0 Å². The van der Waals surface area contributed by atoms with Gasteiger partial charge >= 0.3 is 0 Å². The van der Waals surface area contributed by atoms with Crippen LogP contribution in [0.2, 0.25) is 0 Å². The van der Waals surface area contributed by atoms with Crippen LogP contribution >= 0.6 is 0 Å².